The van der Waals surface area contributed by atoms with Crippen molar-refractivity contribution in [3.63, 3.8) is 0 Å². The van der Waals surface area contributed by atoms with E-state index < -0.39 is 5.97 Å². The Morgan fingerprint density at radius 1 is 1.29 bits per heavy atom. The van der Waals surface area contributed by atoms with Gasteiger partial charge in [0.2, 0.25) is 5.13 Å². The Morgan fingerprint density at radius 3 is 2.67 bits per heavy atom. The highest BCUT2D eigenvalue weighted by atomic mass is 32.1. The van der Waals surface area contributed by atoms with Gasteiger partial charge in [-0.2, -0.15) is 0 Å². The van der Waals surface area contributed by atoms with E-state index in [0.29, 0.717) is 23.8 Å². The summed E-state index contributed by atoms with van der Waals surface area (Å²) in [5, 5.41) is 19.2. The van der Waals surface area contributed by atoms with E-state index in [1.165, 1.54) is 21.7 Å². The maximum Gasteiger partial charge on any atom is 0.328 e. The van der Waals surface area contributed by atoms with Gasteiger partial charge in [0.1, 0.15) is 5.51 Å². The SMILES string of the molecule is O=C(O)CCCN(C(=O)Nc1nncs1)c1ccccc1. The van der Waals surface area contributed by atoms with Crippen molar-refractivity contribution < 1.29 is 14.7 Å². The topological polar surface area (TPSA) is 95.4 Å². The van der Waals surface area contributed by atoms with Crippen molar-refractivity contribution >= 4 is 34.2 Å². The Kier molecular flexibility index (Phi) is 5.22. The normalized spacial score (nSPS) is 10.1. The van der Waals surface area contributed by atoms with Gasteiger partial charge in [-0.1, -0.05) is 29.5 Å². The van der Waals surface area contributed by atoms with E-state index in [0.717, 1.165) is 0 Å². The molecular weight excluding hydrogens is 292 g/mol. The molecule has 0 spiro atoms. The fourth-order valence-electron chi connectivity index (χ4n) is 1.73. The second-order valence-electron chi connectivity index (χ2n) is 4.16. The summed E-state index contributed by atoms with van der Waals surface area (Å²) in [6.07, 6.45) is 0.378. The zero-order valence-corrected chi connectivity index (χ0v) is 11.9. The van der Waals surface area contributed by atoms with Crippen molar-refractivity contribution in [3.8, 4) is 0 Å². The minimum atomic E-state index is -0.882. The number of rotatable bonds is 6. The van der Waals surface area contributed by atoms with Crippen LogP contribution in [0.3, 0.4) is 0 Å². The first-order valence-electron chi connectivity index (χ1n) is 6.28. The molecule has 1 heterocycles. The van der Waals surface area contributed by atoms with Crippen LogP contribution >= 0.6 is 11.3 Å². The van der Waals surface area contributed by atoms with Crippen LogP contribution in [0, 0.1) is 0 Å². The van der Waals surface area contributed by atoms with E-state index in [9.17, 15) is 9.59 Å². The quantitative estimate of drug-likeness (QED) is 0.854. The van der Waals surface area contributed by atoms with E-state index in [-0.39, 0.29) is 12.5 Å². The number of carboxylic acid groups (broad SMARTS) is 1. The number of urea groups is 1. The molecule has 0 aliphatic carbocycles. The average molecular weight is 306 g/mol. The maximum absolute atomic E-state index is 12.3. The number of amides is 2. The van der Waals surface area contributed by atoms with Crippen molar-refractivity contribution in [2.24, 2.45) is 0 Å². The van der Waals surface area contributed by atoms with Crippen LogP contribution in [0.15, 0.2) is 35.8 Å². The molecule has 0 fully saturated rings. The lowest BCUT2D eigenvalue weighted by Gasteiger charge is -2.22. The Hall–Kier alpha value is -2.48. The number of benzene rings is 1. The lowest BCUT2D eigenvalue weighted by Crippen LogP contribution is -2.36. The van der Waals surface area contributed by atoms with Crippen LogP contribution in [0.4, 0.5) is 15.6 Å². The first kappa shape index (κ1) is 14.9. The van der Waals surface area contributed by atoms with Gasteiger partial charge < -0.3 is 5.11 Å². The largest absolute Gasteiger partial charge is 0.481 e. The molecule has 110 valence electrons. The molecule has 0 radical (unpaired) electrons. The van der Waals surface area contributed by atoms with Crippen molar-refractivity contribution in [2.75, 3.05) is 16.8 Å². The van der Waals surface area contributed by atoms with E-state index in [2.05, 4.69) is 15.5 Å². The van der Waals surface area contributed by atoms with Gasteiger partial charge in [0, 0.05) is 18.7 Å². The monoisotopic (exact) mass is 306 g/mol. The van der Waals surface area contributed by atoms with E-state index in [4.69, 9.17) is 5.11 Å². The summed E-state index contributed by atoms with van der Waals surface area (Å²) in [4.78, 5) is 24.4. The van der Waals surface area contributed by atoms with Crippen LogP contribution in [0.2, 0.25) is 0 Å². The zero-order chi connectivity index (χ0) is 15.1. The fraction of sp³-hybridized carbons (Fsp3) is 0.231. The summed E-state index contributed by atoms with van der Waals surface area (Å²) in [5.74, 6) is -0.882. The minimum absolute atomic E-state index is 0.00935. The van der Waals surface area contributed by atoms with Gasteiger partial charge in [-0.25, -0.2) is 4.79 Å². The van der Waals surface area contributed by atoms with Crippen LogP contribution < -0.4 is 10.2 Å². The molecule has 0 aliphatic rings. The first-order valence-corrected chi connectivity index (χ1v) is 7.16. The summed E-state index contributed by atoms with van der Waals surface area (Å²) in [5.41, 5.74) is 2.22. The van der Waals surface area contributed by atoms with E-state index in [1.54, 1.807) is 12.1 Å². The average Bonchev–Trinajstić information content (AvgIpc) is 2.97. The van der Waals surface area contributed by atoms with Crippen LogP contribution in [-0.2, 0) is 4.79 Å². The molecule has 1 aromatic heterocycles. The third-order valence-electron chi connectivity index (χ3n) is 2.66. The van der Waals surface area contributed by atoms with Gasteiger partial charge in [0.05, 0.1) is 0 Å². The highest BCUT2D eigenvalue weighted by Gasteiger charge is 2.17. The second-order valence-corrected chi connectivity index (χ2v) is 4.99. The zero-order valence-electron chi connectivity index (χ0n) is 11.1. The number of nitrogens with one attached hydrogen (secondary N) is 1. The molecule has 0 unspecified atom stereocenters. The number of carboxylic acids is 1. The number of anilines is 2. The standard InChI is InChI=1S/C13H14N4O3S/c18-11(19)7-4-8-17(10-5-2-1-3-6-10)13(20)15-12-16-14-9-21-12/h1-3,5-6,9H,4,7-8H2,(H,18,19)(H,15,16,20). The van der Waals surface area contributed by atoms with E-state index >= 15 is 0 Å². The number of nitrogens with zero attached hydrogens (tertiary/aromatic N) is 3. The molecule has 2 rings (SSSR count). The predicted molar refractivity (Wildman–Crippen MR) is 79.6 cm³/mol. The molecular formula is C13H14N4O3S. The highest BCUT2D eigenvalue weighted by Crippen LogP contribution is 2.17. The maximum atomic E-state index is 12.3. The molecule has 8 heteroatoms. The van der Waals surface area contributed by atoms with Crippen LogP contribution in [-0.4, -0.2) is 33.8 Å². The van der Waals surface area contributed by atoms with E-state index in [1.807, 2.05) is 18.2 Å². The first-order chi connectivity index (χ1) is 10.2. The van der Waals surface area contributed by atoms with Gasteiger partial charge in [-0.05, 0) is 18.6 Å². The summed E-state index contributed by atoms with van der Waals surface area (Å²) >= 11 is 1.22. The number of para-hydroxylation sites is 1. The number of aromatic nitrogens is 2. The molecule has 21 heavy (non-hydrogen) atoms. The van der Waals surface area contributed by atoms with Gasteiger partial charge in [0.25, 0.3) is 0 Å². The lowest BCUT2D eigenvalue weighted by molar-refractivity contribution is -0.137. The third kappa shape index (κ3) is 4.53. The molecule has 2 N–H and O–H groups in total. The van der Waals surface area contributed by atoms with Crippen LogP contribution in [0.5, 0.6) is 0 Å². The fourth-order valence-corrected chi connectivity index (χ4v) is 2.17. The Morgan fingerprint density at radius 2 is 2.05 bits per heavy atom. The van der Waals surface area contributed by atoms with Gasteiger partial charge >= 0.3 is 12.0 Å². The molecule has 0 aliphatic heterocycles. The molecule has 0 saturated heterocycles. The Balaban J connectivity index is 2.07. The lowest BCUT2D eigenvalue weighted by atomic mass is 10.2. The van der Waals surface area contributed by atoms with Gasteiger partial charge in [-0.15, -0.1) is 10.2 Å². The molecule has 2 aromatic rings. The van der Waals surface area contributed by atoms with Crippen molar-refractivity contribution in [1.82, 2.24) is 10.2 Å². The highest BCUT2D eigenvalue weighted by molar-refractivity contribution is 7.13. The number of carbonyl (C=O) groups excluding carboxylic acids is 1. The molecule has 0 saturated carbocycles. The number of hydrogen-bond donors (Lipinski definition) is 2. The number of hydrogen-bond acceptors (Lipinski definition) is 5. The van der Waals surface area contributed by atoms with Crippen LogP contribution in [0.1, 0.15) is 12.8 Å². The van der Waals surface area contributed by atoms with Crippen molar-refractivity contribution in [3.05, 3.63) is 35.8 Å². The molecule has 0 atom stereocenters. The summed E-state index contributed by atoms with van der Waals surface area (Å²) in [6, 6.07) is 8.71. The second kappa shape index (κ2) is 7.34. The molecule has 2 amide bonds. The van der Waals surface area contributed by atoms with Crippen molar-refractivity contribution in [1.29, 1.82) is 0 Å². The molecule has 0 bridgehead atoms. The van der Waals surface area contributed by atoms with Gasteiger partial charge in [-0.3, -0.25) is 15.0 Å². The van der Waals surface area contributed by atoms with Crippen molar-refractivity contribution in [2.45, 2.75) is 12.8 Å². The number of aliphatic carboxylic acids is 1. The van der Waals surface area contributed by atoms with Gasteiger partial charge in [0.15, 0.2) is 0 Å². The minimum Gasteiger partial charge on any atom is -0.481 e. The molecule has 7 nitrogen and oxygen atoms in total. The smallest absolute Gasteiger partial charge is 0.328 e. The summed E-state index contributed by atoms with van der Waals surface area (Å²) < 4.78 is 0. The summed E-state index contributed by atoms with van der Waals surface area (Å²) in [7, 11) is 0. The Labute approximate surface area is 125 Å². The number of carbonyl (C=O) groups is 2. The summed E-state index contributed by atoms with van der Waals surface area (Å²) in [6.45, 7) is 0.306. The third-order valence-corrected chi connectivity index (χ3v) is 3.27. The Bertz CT molecular complexity index is 589. The predicted octanol–water partition coefficient (Wildman–Crippen LogP) is 2.44. The molecule has 1 aromatic carbocycles. The van der Waals surface area contributed by atoms with Crippen LogP contribution in [0.25, 0.3) is 0 Å².